The summed E-state index contributed by atoms with van der Waals surface area (Å²) in [5.74, 6) is -1.45. The molecule has 3 fully saturated rings. The molecule has 7 heteroatoms. The Hall–Kier alpha value is -2.18. The summed E-state index contributed by atoms with van der Waals surface area (Å²) >= 11 is 0. The molecule has 2 heterocycles. The Kier molecular flexibility index (Phi) is 3.89. The Labute approximate surface area is 144 Å². The van der Waals surface area contributed by atoms with Crippen LogP contribution >= 0.6 is 0 Å². The highest BCUT2D eigenvalue weighted by Crippen LogP contribution is 2.46. The third-order valence-electron chi connectivity index (χ3n) is 5.50. The van der Waals surface area contributed by atoms with Crippen molar-refractivity contribution in [3.8, 4) is 0 Å². The lowest BCUT2D eigenvalue weighted by molar-refractivity contribution is -0.124. The van der Waals surface area contributed by atoms with Crippen molar-refractivity contribution in [2.75, 3.05) is 13.1 Å². The summed E-state index contributed by atoms with van der Waals surface area (Å²) in [5.41, 5.74) is -0.235. The number of carbonyl (C=O) groups is 2. The molecule has 0 spiro atoms. The van der Waals surface area contributed by atoms with Gasteiger partial charge in [0.15, 0.2) is 0 Å². The third-order valence-corrected chi connectivity index (χ3v) is 5.50. The molecule has 0 aromatic heterocycles. The molecule has 134 valence electrons. The third kappa shape index (κ3) is 3.19. The molecule has 4 rings (SSSR count). The number of carbonyl (C=O) groups excluding carboxylic acids is 2. The first-order chi connectivity index (χ1) is 11.9. The first-order valence-electron chi connectivity index (χ1n) is 8.79. The molecule has 25 heavy (non-hydrogen) atoms. The Bertz CT molecular complexity index is 700. The minimum absolute atomic E-state index is 0.0196. The topological polar surface area (TPSA) is 61.4 Å². The molecule has 2 aliphatic heterocycles. The molecule has 1 saturated carbocycles. The number of urea groups is 1. The second kappa shape index (κ2) is 5.97. The summed E-state index contributed by atoms with van der Waals surface area (Å²) in [6, 6.07) is 3.09. The molecule has 1 aromatic carbocycles. The first-order valence-corrected chi connectivity index (χ1v) is 8.79. The lowest BCUT2D eigenvalue weighted by Gasteiger charge is -2.30. The van der Waals surface area contributed by atoms with Crippen LogP contribution in [0.5, 0.6) is 0 Å². The van der Waals surface area contributed by atoms with Gasteiger partial charge in [-0.05, 0) is 43.4 Å². The number of likely N-dealkylation sites (tertiary alicyclic amines) is 1. The predicted octanol–water partition coefficient (Wildman–Crippen LogP) is 2.26. The fourth-order valence-corrected chi connectivity index (χ4v) is 3.94. The fourth-order valence-electron chi connectivity index (χ4n) is 3.94. The van der Waals surface area contributed by atoms with E-state index in [4.69, 9.17) is 0 Å². The Morgan fingerprint density at radius 3 is 2.56 bits per heavy atom. The molecule has 5 nitrogen and oxygen atoms in total. The number of hydrogen-bond acceptors (Lipinski definition) is 2. The SMILES string of the molecule is O=C1N[C@H]2CCC[C@@H]1CN(C(=O)NC1(c3cc(F)cc(F)c3)CC1)C2. The highest BCUT2D eigenvalue weighted by atomic mass is 19.1. The van der Waals surface area contributed by atoms with Gasteiger partial charge in [0.1, 0.15) is 11.6 Å². The lowest BCUT2D eigenvalue weighted by atomic mass is 9.99. The van der Waals surface area contributed by atoms with Gasteiger partial charge in [-0.15, -0.1) is 0 Å². The minimum atomic E-state index is -0.696. The standard InChI is InChI=1S/C18H21F2N3O2/c19-13-6-12(7-14(20)8-13)18(4-5-18)22-17(25)23-9-11-2-1-3-15(10-23)21-16(11)24/h6-8,11,15H,1-5,9-10H2,(H,21,24)(H,22,25)/t11-,15+/m1/s1. The van der Waals surface area contributed by atoms with Crippen LogP contribution in [0.25, 0.3) is 0 Å². The van der Waals surface area contributed by atoms with E-state index in [2.05, 4.69) is 10.6 Å². The van der Waals surface area contributed by atoms with Crippen molar-refractivity contribution in [2.24, 2.45) is 5.92 Å². The molecule has 0 unspecified atom stereocenters. The molecule has 2 N–H and O–H groups in total. The van der Waals surface area contributed by atoms with Gasteiger partial charge in [0.25, 0.3) is 0 Å². The van der Waals surface area contributed by atoms with E-state index < -0.39 is 17.2 Å². The maximum absolute atomic E-state index is 13.5. The number of amides is 3. The van der Waals surface area contributed by atoms with Crippen molar-refractivity contribution in [3.63, 3.8) is 0 Å². The molecule has 3 amide bonds. The van der Waals surface area contributed by atoms with E-state index in [0.717, 1.165) is 25.3 Å². The van der Waals surface area contributed by atoms with Crippen molar-refractivity contribution in [2.45, 2.75) is 43.7 Å². The van der Waals surface area contributed by atoms with Crippen LogP contribution in [0, 0.1) is 17.6 Å². The van der Waals surface area contributed by atoms with Crippen LogP contribution in [0.15, 0.2) is 18.2 Å². The zero-order valence-corrected chi connectivity index (χ0v) is 13.9. The quantitative estimate of drug-likeness (QED) is 0.860. The molecule has 1 aliphatic carbocycles. The van der Waals surface area contributed by atoms with E-state index in [1.165, 1.54) is 12.1 Å². The summed E-state index contributed by atoms with van der Waals surface area (Å²) in [6.45, 7) is 0.865. The monoisotopic (exact) mass is 349 g/mol. The summed E-state index contributed by atoms with van der Waals surface area (Å²) in [5, 5.41) is 5.95. The maximum atomic E-state index is 13.5. The number of halogens is 2. The van der Waals surface area contributed by atoms with Gasteiger partial charge in [-0.2, -0.15) is 0 Å². The Morgan fingerprint density at radius 1 is 1.16 bits per heavy atom. The van der Waals surface area contributed by atoms with Crippen molar-refractivity contribution < 1.29 is 18.4 Å². The number of rotatable bonds is 2. The van der Waals surface area contributed by atoms with E-state index in [9.17, 15) is 18.4 Å². The minimum Gasteiger partial charge on any atom is -0.351 e. The van der Waals surface area contributed by atoms with Gasteiger partial charge >= 0.3 is 6.03 Å². The van der Waals surface area contributed by atoms with Gasteiger partial charge in [0, 0.05) is 25.2 Å². The second-order valence-electron chi connectivity index (χ2n) is 7.41. The first kappa shape index (κ1) is 16.3. The largest absolute Gasteiger partial charge is 0.351 e. The van der Waals surface area contributed by atoms with Gasteiger partial charge in [-0.1, -0.05) is 6.42 Å². The number of hydrogen-bond donors (Lipinski definition) is 2. The molecule has 0 radical (unpaired) electrons. The molecule has 2 saturated heterocycles. The van der Waals surface area contributed by atoms with Gasteiger partial charge in [0.2, 0.25) is 5.91 Å². The smallest absolute Gasteiger partial charge is 0.318 e. The fraction of sp³-hybridized carbons (Fsp3) is 0.556. The summed E-state index contributed by atoms with van der Waals surface area (Å²) in [7, 11) is 0. The summed E-state index contributed by atoms with van der Waals surface area (Å²) < 4.78 is 27.0. The van der Waals surface area contributed by atoms with E-state index in [1.807, 2.05) is 0 Å². The number of nitrogens with zero attached hydrogens (tertiary/aromatic N) is 1. The van der Waals surface area contributed by atoms with E-state index in [0.29, 0.717) is 31.5 Å². The summed E-state index contributed by atoms with van der Waals surface area (Å²) in [6.07, 6.45) is 3.94. The van der Waals surface area contributed by atoms with E-state index in [1.54, 1.807) is 4.90 Å². The van der Waals surface area contributed by atoms with Crippen LogP contribution in [0.4, 0.5) is 13.6 Å². The molecule has 2 atom stereocenters. The average molecular weight is 349 g/mol. The maximum Gasteiger partial charge on any atom is 0.318 e. The normalized spacial score (nSPS) is 27.3. The van der Waals surface area contributed by atoms with Crippen LogP contribution in [0.3, 0.4) is 0 Å². The number of benzene rings is 1. The van der Waals surface area contributed by atoms with Crippen molar-refractivity contribution in [1.29, 1.82) is 0 Å². The zero-order valence-electron chi connectivity index (χ0n) is 13.9. The van der Waals surface area contributed by atoms with Crippen LogP contribution in [0.2, 0.25) is 0 Å². The Morgan fingerprint density at radius 2 is 1.88 bits per heavy atom. The van der Waals surface area contributed by atoms with Gasteiger partial charge < -0.3 is 15.5 Å². The predicted molar refractivity (Wildman–Crippen MR) is 86.6 cm³/mol. The number of nitrogens with one attached hydrogen (secondary N) is 2. The molecule has 2 bridgehead atoms. The highest BCUT2D eigenvalue weighted by Gasteiger charge is 2.47. The summed E-state index contributed by atoms with van der Waals surface area (Å²) in [4.78, 5) is 26.5. The average Bonchev–Trinajstić information content (AvgIpc) is 3.31. The van der Waals surface area contributed by atoms with Crippen LogP contribution in [-0.2, 0) is 10.3 Å². The van der Waals surface area contributed by atoms with Gasteiger partial charge in [0.05, 0.1) is 11.5 Å². The lowest BCUT2D eigenvalue weighted by Crippen LogP contribution is -2.49. The van der Waals surface area contributed by atoms with Gasteiger partial charge in [-0.3, -0.25) is 4.79 Å². The number of fused-ring (bicyclic) bond motifs is 3. The Balaban J connectivity index is 1.51. The highest BCUT2D eigenvalue weighted by molar-refractivity contribution is 5.82. The van der Waals surface area contributed by atoms with Crippen molar-refractivity contribution in [1.82, 2.24) is 15.5 Å². The van der Waals surface area contributed by atoms with E-state index in [-0.39, 0.29) is 23.9 Å². The zero-order chi connectivity index (χ0) is 17.6. The molecule has 3 aliphatic rings. The van der Waals surface area contributed by atoms with Crippen LogP contribution in [0.1, 0.15) is 37.7 Å². The van der Waals surface area contributed by atoms with Crippen molar-refractivity contribution >= 4 is 11.9 Å². The molecular formula is C18H21F2N3O2. The van der Waals surface area contributed by atoms with Gasteiger partial charge in [-0.25, -0.2) is 13.6 Å². The van der Waals surface area contributed by atoms with E-state index >= 15 is 0 Å². The van der Waals surface area contributed by atoms with Crippen LogP contribution < -0.4 is 10.6 Å². The van der Waals surface area contributed by atoms with Crippen LogP contribution in [-0.4, -0.2) is 36.0 Å². The second-order valence-corrected chi connectivity index (χ2v) is 7.41. The molecular weight excluding hydrogens is 328 g/mol. The van der Waals surface area contributed by atoms with Crippen molar-refractivity contribution in [3.05, 3.63) is 35.4 Å². The molecule has 1 aromatic rings.